The first-order chi connectivity index (χ1) is 7.22. The highest BCUT2D eigenvalue weighted by atomic mass is 32.1. The number of hydrogen-bond acceptors (Lipinski definition) is 2. The van der Waals surface area contributed by atoms with Crippen LogP contribution >= 0.6 is 12.2 Å². The van der Waals surface area contributed by atoms with Crippen LogP contribution < -0.4 is 10.6 Å². The Hall–Kier alpha value is -1.13. The summed E-state index contributed by atoms with van der Waals surface area (Å²) in [5.74, 6) is 0. The summed E-state index contributed by atoms with van der Waals surface area (Å²) < 4.78 is 0. The second-order valence-corrected chi connectivity index (χ2v) is 3.73. The number of hydrogen-bond donors (Lipinski definition) is 3. The van der Waals surface area contributed by atoms with E-state index in [4.69, 9.17) is 17.3 Å². The molecule has 0 bridgehead atoms. The summed E-state index contributed by atoms with van der Waals surface area (Å²) in [4.78, 5) is 0. The molecule has 0 aliphatic rings. The molecular formula is C11H16N2OS. The fraction of sp³-hybridized carbons (Fsp3) is 0.364. The molecule has 1 rings (SSSR count). The van der Waals surface area contributed by atoms with Crippen LogP contribution in [0.1, 0.15) is 12.0 Å². The van der Waals surface area contributed by atoms with Crippen LogP contribution in [0.3, 0.4) is 0 Å². The Balaban J connectivity index is 2.34. The zero-order valence-electron chi connectivity index (χ0n) is 8.79. The number of anilines is 1. The van der Waals surface area contributed by atoms with E-state index in [2.05, 4.69) is 10.6 Å². The molecule has 15 heavy (non-hydrogen) atoms. The van der Waals surface area contributed by atoms with Crippen LogP contribution in [0.15, 0.2) is 24.3 Å². The van der Waals surface area contributed by atoms with Crippen molar-refractivity contribution in [3.63, 3.8) is 0 Å². The lowest BCUT2D eigenvalue weighted by Crippen LogP contribution is -2.29. The van der Waals surface area contributed by atoms with Crippen molar-refractivity contribution in [1.29, 1.82) is 0 Å². The van der Waals surface area contributed by atoms with Gasteiger partial charge in [0.25, 0.3) is 0 Å². The van der Waals surface area contributed by atoms with E-state index in [9.17, 15) is 0 Å². The van der Waals surface area contributed by atoms with Gasteiger partial charge in [0, 0.05) is 18.8 Å². The number of aliphatic hydroxyl groups excluding tert-OH is 1. The average molecular weight is 224 g/mol. The quantitative estimate of drug-likeness (QED) is 0.537. The van der Waals surface area contributed by atoms with Crippen molar-refractivity contribution in [3.8, 4) is 0 Å². The number of thiocarbonyl (C=S) groups is 1. The van der Waals surface area contributed by atoms with Gasteiger partial charge in [-0.1, -0.05) is 17.7 Å². The molecule has 0 saturated heterocycles. The molecule has 0 amide bonds. The minimum Gasteiger partial charge on any atom is -0.396 e. The molecule has 0 aliphatic carbocycles. The molecule has 3 nitrogen and oxygen atoms in total. The van der Waals surface area contributed by atoms with Crippen LogP contribution in [0, 0.1) is 6.92 Å². The van der Waals surface area contributed by atoms with Crippen molar-refractivity contribution in [2.75, 3.05) is 18.5 Å². The minimum atomic E-state index is 0.181. The normalized spacial score (nSPS) is 9.73. The maximum Gasteiger partial charge on any atom is 0.170 e. The molecule has 0 aromatic heterocycles. The topological polar surface area (TPSA) is 44.3 Å². The molecule has 0 aliphatic heterocycles. The summed E-state index contributed by atoms with van der Waals surface area (Å²) >= 11 is 5.08. The summed E-state index contributed by atoms with van der Waals surface area (Å²) in [5, 5.41) is 15.3. The zero-order valence-corrected chi connectivity index (χ0v) is 9.60. The van der Waals surface area contributed by atoms with Crippen molar-refractivity contribution < 1.29 is 5.11 Å². The van der Waals surface area contributed by atoms with Crippen molar-refractivity contribution in [3.05, 3.63) is 29.8 Å². The Kier molecular flexibility index (Phi) is 5.07. The Bertz CT molecular complexity index is 311. The van der Waals surface area contributed by atoms with Crippen LogP contribution in [0.2, 0.25) is 0 Å². The van der Waals surface area contributed by atoms with Crippen molar-refractivity contribution in [1.82, 2.24) is 5.32 Å². The molecule has 0 radical (unpaired) electrons. The van der Waals surface area contributed by atoms with Gasteiger partial charge in [0.15, 0.2) is 5.11 Å². The molecular weight excluding hydrogens is 208 g/mol. The maximum atomic E-state index is 8.60. The second-order valence-electron chi connectivity index (χ2n) is 3.32. The van der Waals surface area contributed by atoms with Crippen LogP contribution in [-0.4, -0.2) is 23.4 Å². The lowest BCUT2D eigenvalue weighted by molar-refractivity contribution is 0.289. The third kappa shape index (κ3) is 4.76. The third-order valence-electron chi connectivity index (χ3n) is 1.93. The lowest BCUT2D eigenvalue weighted by atomic mass is 10.2. The van der Waals surface area contributed by atoms with Gasteiger partial charge in [-0.2, -0.15) is 0 Å². The van der Waals surface area contributed by atoms with Gasteiger partial charge < -0.3 is 15.7 Å². The van der Waals surface area contributed by atoms with Gasteiger partial charge in [-0.15, -0.1) is 0 Å². The number of aryl methyl sites for hydroxylation is 1. The van der Waals surface area contributed by atoms with Gasteiger partial charge in [-0.3, -0.25) is 0 Å². The molecule has 0 heterocycles. The molecule has 0 atom stereocenters. The summed E-state index contributed by atoms with van der Waals surface area (Å²) in [6.07, 6.45) is 0.704. The van der Waals surface area contributed by atoms with E-state index in [0.29, 0.717) is 18.1 Å². The van der Waals surface area contributed by atoms with Gasteiger partial charge in [-0.25, -0.2) is 0 Å². The zero-order chi connectivity index (χ0) is 11.1. The Labute approximate surface area is 95.5 Å². The number of aliphatic hydroxyl groups is 1. The Morgan fingerprint density at radius 1 is 1.33 bits per heavy atom. The number of nitrogens with one attached hydrogen (secondary N) is 2. The van der Waals surface area contributed by atoms with E-state index in [1.807, 2.05) is 31.2 Å². The minimum absolute atomic E-state index is 0.181. The largest absolute Gasteiger partial charge is 0.396 e. The first-order valence-corrected chi connectivity index (χ1v) is 5.35. The fourth-order valence-electron chi connectivity index (χ4n) is 1.09. The predicted octanol–water partition coefficient (Wildman–Crippen LogP) is 1.66. The SMILES string of the molecule is Cc1ccc(NC(=S)NCCCO)cc1. The Morgan fingerprint density at radius 3 is 2.60 bits per heavy atom. The van der Waals surface area contributed by atoms with E-state index in [0.717, 1.165) is 5.69 Å². The second kappa shape index (κ2) is 6.37. The summed E-state index contributed by atoms with van der Waals surface area (Å²) in [6, 6.07) is 8.02. The highest BCUT2D eigenvalue weighted by molar-refractivity contribution is 7.80. The maximum absolute atomic E-state index is 8.60. The van der Waals surface area contributed by atoms with E-state index in [1.54, 1.807) is 0 Å². The highest BCUT2D eigenvalue weighted by Crippen LogP contribution is 2.07. The molecule has 0 spiro atoms. The van der Waals surface area contributed by atoms with E-state index < -0.39 is 0 Å². The first kappa shape index (κ1) is 11.9. The van der Waals surface area contributed by atoms with Crippen LogP contribution in [0.25, 0.3) is 0 Å². The highest BCUT2D eigenvalue weighted by Gasteiger charge is 1.95. The van der Waals surface area contributed by atoms with Gasteiger partial charge in [0.1, 0.15) is 0 Å². The smallest absolute Gasteiger partial charge is 0.170 e. The van der Waals surface area contributed by atoms with Crippen molar-refractivity contribution >= 4 is 23.0 Å². The molecule has 3 N–H and O–H groups in total. The average Bonchev–Trinajstić information content (AvgIpc) is 2.22. The molecule has 1 aromatic carbocycles. The number of benzene rings is 1. The standard InChI is InChI=1S/C11H16N2OS/c1-9-3-5-10(6-4-9)13-11(15)12-7-2-8-14/h3-6,14H,2,7-8H2,1H3,(H2,12,13,15). The molecule has 0 fully saturated rings. The van der Waals surface area contributed by atoms with Crippen LogP contribution in [0.5, 0.6) is 0 Å². The third-order valence-corrected chi connectivity index (χ3v) is 2.18. The summed E-state index contributed by atoms with van der Waals surface area (Å²) in [7, 11) is 0. The first-order valence-electron chi connectivity index (χ1n) is 4.95. The van der Waals surface area contributed by atoms with Gasteiger partial charge in [0.05, 0.1) is 0 Å². The monoisotopic (exact) mass is 224 g/mol. The molecule has 0 saturated carbocycles. The molecule has 0 unspecified atom stereocenters. The van der Waals surface area contributed by atoms with E-state index >= 15 is 0 Å². The van der Waals surface area contributed by atoms with E-state index in [-0.39, 0.29) is 6.61 Å². The van der Waals surface area contributed by atoms with Gasteiger partial charge in [-0.05, 0) is 37.7 Å². The van der Waals surface area contributed by atoms with Crippen molar-refractivity contribution in [2.24, 2.45) is 0 Å². The fourth-order valence-corrected chi connectivity index (χ4v) is 1.31. The van der Waals surface area contributed by atoms with Gasteiger partial charge in [0.2, 0.25) is 0 Å². The predicted molar refractivity (Wildman–Crippen MR) is 67.1 cm³/mol. The van der Waals surface area contributed by atoms with Crippen molar-refractivity contribution in [2.45, 2.75) is 13.3 Å². The van der Waals surface area contributed by atoms with E-state index in [1.165, 1.54) is 5.56 Å². The van der Waals surface area contributed by atoms with Crippen LogP contribution in [0.4, 0.5) is 5.69 Å². The summed E-state index contributed by atoms with van der Waals surface area (Å²) in [5.41, 5.74) is 2.20. The Morgan fingerprint density at radius 2 is 2.00 bits per heavy atom. The van der Waals surface area contributed by atoms with Crippen LogP contribution in [-0.2, 0) is 0 Å². The molecule has 82 valence electrons. The lowest BCUT2D eigenvalue weighted by Gasteiger charge is -2.09. The van der Waals surface area contributed by atoms with Gasteiger partial charge >= 0.3 is 0 Å². The molecule has 1 aromatic rings. The molecule has 4 heteroatoms. The summed E-state index contributed by atoms with van der Waals surface area (Å²) in [6.45, 7) is 2.91. The number of rotatable bonds is 4.